The third-order valence-electron chi connectivity index (χ3n) is 4.21. The maximum Gasteiger partial charge on any atom is 0.271 e. The first-order valence-corrected chi connectivity index (χ1v) is 9.48. The minimum atomic E-state index is -0.280. The molecule has 3 aromatic rings. The number of nitrogens with zero attached hydrogens (tertiary/aromatic N) is 1. The molecule has 0 saturated heterocycles. The molecule has 0 atom stereocenters. The van der Waals surface area contributed by atoms with E-state index in [0.29, 0.717) is 24.5 Å². The predicted molar refractivity (Wildman–Crippen MR) is 115 cm³/mol. The number of ether oxygens (including phenoxy) is 2. The Morgan fingerprint density at radius 3 is 2.17 bits per heavy atom. The topological polar surface area (TPSA) is 59.9 Å². The van der Waals surface area contributed by atoms with Gasteiger partial charge in [0, 0.05) is 5.56 Å². The molecule has 3 aromatic carbocycles. The standard InChI is InChI=1S/C24H24N2O3/c1-3-28-22-12-8-19(9-13-22)16-25-26-24(27)21-10-14-23(15-11-21)29-17-20-6-4-18(2)5-7-20/h4-16H,3,17H2,1-2H3,(H,26,27)/b25-16+. The lowest BCUT2D eigenvalue weighted by Gasteiger charge is -2.07. The molecule has 0 spiro atoms. The van der Waals surface area contributed by atoms with Gasteiger partial charge in [-0.3, -0.25) is 4.79 Å². The number of nitrogens with one attached hydrogen (secondary N) is 1. The normalized spacial score (nSPS) is 10.7. The van der Waals surface area contributed by atoms with Crippen LogP contribution in [0.15, 0.2) is 77.9 Å². The molecule has 29 heavy (non-hydrogen) atoms. The fraction of sp³-hybridized carbons (Fsp3) is 0.167. The number of hydrogen-bond acceptors (Lipinski definition) is 4. The van der Waals surface area contributed by atoms with Gasteiger partial charge in [-0.1, -0.05) is 29.8 Å². The smallest absolute Gasteiger partial charge is 0.271 e. The maximum atomic E-state index is 12.2. The van der Waals surface area contributed by atoms with E-state index in [1.807, 2.05) is 43.3 Å². The number of benzene rings is 3. The first kappa shape index (κ1) is 20.1. The van der Waals surface area contributed by atoms with Crippen molar-refractivity contribution < 1.29 is 14.3 Å². The molecule has 0 radical (unpaired) electrons. The Bertz CT molecular complexity index is 947. The third kappa shape index (κ3) is 6.21. The number of amides is 1. The Morgan fingerprint density at radius 1 is 0.897 bits per heavy atom. The molecule has 0 aliphatic rings. The predicted octanol–water partition coefficient (Wildman–Crippen LogP) is 4.74. The van der Waals surface area contributed by atoms with Crippen molar-refractivity contribution in [1.29, 1.82) is 0 Å². The zero-order valence-corrected chi connectivity index (χ0v) is 16.6. The number of hydrazone groups is 1. The van der Waals surface area contributed by atoms with Gasteiger partial charge >= 0.3 is 0 Å². The summed E-state index contributed by atoms with van der Waals surface area (Å²) in [5.74, 6) is 1.23. The van der Waals surface area contributed by atoms with Gasteiger partial charge in [0.25, 0.3) is 5.91 Å². The van der Waals surface area contributed by atoms with Crippen molar-refractivity contribution in [2.75, 3.05) is 6.61 Å². The van der Waals surface area contributed by atoms with E-state index < -0.39 is 0 Å². The number of aryl methyl sites for hydroxylation is 1. The molecule has 5 heteroatoms. The number of hydrogen-bond donors (Lipinski definition) is 1. The lowest BCUT2D eigenvalue weighted by Crippen LogP contribution is -2.17. The van der Waals surface area contributed by atoms with Crippen LogP contribution in [-0.2, 0) is 6.61 Å². The average Bonchev–Trinajstić information content (AvgIpc) is 2.75. The summed E-state index contributed by atoms with van der Waals surface area (Å²) in [6.45, 7) is 5.10. The highest BCUT2D eigenvalue weighted by molar-refractivity contribution is 5.95. The van der Waals surface area contributed by atoms with E-state index in [-0.39, 0.29) is 5.91 Å². The van der Waals surface area contributed by atoms with E-state index in [1.54, 1.807) is 30.5 Å². The number of carbonyl (C=O) groups is 1. The fourth-order valence-electron chi connectivity index (χ4n) is 2.60. The van der Waals surface area contributed by atoms with E-state index in [0.717, 1.165) is 16.9 Å². The quantitative estimate of drug-likeness (QED) is 0.448. The summed E-state index contributed by atoms with van der Waals surface area (Å²) in [5, 5.41) is 4.00. The van der Waals surface area contributed by atoms with Gasteiger partial charge < -0.3 is 9.47 Å². The van der Waals surface area contributed by atoms with Crippen molar-refractivity contribution in [3.05, 3.63) is 95.1 Å². The molecule has 0 fully saturated rings. The molecular formula is C24H24N2O3. The van der Waals surface area contributed by atoms with E-state index in [9.17, 15) is 4.79 Å². The van der Waals surface area contributed by atoms with Gasteiger partial charge in [-0.25, -0.2) is 5.43 Å². The molecule has 5 nitrogen and oxygen atoms in total. The molecule has 0 unspecified atom stereocenters. The first-order chi connectivity index (χ1) is 14.1. The van der Waals surface area contributed by atoms with Gasteiger partial charge in [0.05, 0.1) is 12.8 Å². The highest BCUT2D eigenvalue weighted by atomic mass is 16.5. The molecule has 0 saturated carbocycles. The Kier molecular flexibility index (Phi) is 7.00. The van der Waals surface area contributed by atoms with Crippen molar-refractivity contribution in [2.45, 2.75) is 20.5 Å². The minimum Gasteiger partial charge on any atom is -0.494 e. The first-order valence-electron chi connectivity index (χ1n) is 9.48. The monoisotopic (exact) mass is 388 g/mol. The summed E-state index contributed by atoms with van der Waals surface area (Å²) in [7, 11) is 0. The second-order valence-corrected chi connectivity index (χ2v) is 6.50. The molecule has 3 rings (SSSR count). The van der Waals surface area contributed by atoms with Crippen LogP contribution in [0.2, 0.25) is 0 Å². The highest BCUT2D eigenvalue weighted by Gasteiger charge is 2.04. The van der Waals surface area contributed by atoms with Crippen molar-refractivity contribution in [3.8, 4) is 11.5 Å². The van der Waals surface area contributed by atoms with Gasteiger partial charge in [0.15, 0.2) is 0 Å². The van der Waals surface area contributed by atoms with Crippen LogP contribution in [0.5, 0.6) is 11.5 Å². The molecule has 0 aromatic heterocycles. The van der Waals surface area contributed by atoms with Crippen LogP contribution in [0.1, 0.15) is 34.0 Å². The highest BCUT2D eigenvalue weighted by Crippen LogP contribution is 2.15. The molecule has 0 bridgehead atoms. The van der Waals surface area contributed by atoms with Gasteiger partial charge in [0.1, 0.15) is 18.1 Å². The minimum absolute atomic E-state index is 0.280. The molecule has 0 aliphatic heterocycles. The van der Waals surface area contributed by atoms with Gasteiger partial charge in [-0.15, -0.1) is 0 Å². The SMILES string of the molecule is CCOc1ccc(/C=N/NC(=O)c2ccc(OCc3ccc(C)cc3)cc2)cc1. The average molecular weight is 388 g/mol. The van der Waals surface area contributed by atoms with E-state index >= 15 is 0 Å². The molecular weight excluding hydrogens is 364 g/mol. The Morgan fingerprint density at radius 2 is 1.52 bits per heavy atom. The van der Waals surface area contributed by atoms with Crippen LogP contribution in [0.4, 0.5) is 0 Å². The Hall–Kier alpha value is -3.60. The van der Waals surface area contributed by atoms with Crippen molar-refractivity contribution in [2.24, 2.45) is 5.10 Å². The van der Waals surface area contributed by atoms with Crippen LogP contribution in [0.3, 0.4) is 0 Å². The molecule has 0 heterocycles. The zero-order chi connectivity index (χ0) is 20.5. The summed E-state index contributed by atoms with van der Waals surface area (Å²) >= 11 is 0. The third-order valence-corrected chi connectivity index (χ3v) is 4.21. The Labute approximate surface area is 171 Å². The second kappa shape index (κ2) is 10.1. The summed E-state index contributed by atoms with van der Waals surface area (Å²) in [4.78, 5) is 12.2. The van der Waals surface area contributed by atoms with Gasteiger partial charge in [-0.05, 0) is 73.5 Å². The summed E-state index contributed by atoms with van der Waals surface area (Å²) < 4.78 is 11.2. The lowest BCUT2D eigenvalue weighted by atomic mass is 10.2. The fourth-order valence-corrected chi connectivity index (χ4v) is 2.60. The van der Waals surface area contributed by atoms with E-state index in [1.165, 1.54) is 5.56 Å². The molecule has 148 valence electrons. The lowest BCUT2D eigenvalue weighted by molar-refractivity contribution is 0.0955. The van der Waals surface area contributed by atoms with E-state index in [2.05, 4.69) is 29.6 Å². The molecule has 0 aliphatic carbocycles. The number of carbonyl (C=O) groups excluding carboxylic acids is 1. The summed E-state index contributed by atoms with van der Waals surface area (Å²) in [6.07, 6.45) is 1.59. The maximum absolute atomic E-state index is 12.2. The summed E-state index contributed by atoms with van der Waals surface area (Å²) in [6, 6.07) is 22.7. The van der Waals surface area contributed by atoms with Crippen LogP contribution >= 0.6 is 0 Å². The van der Waals surface area contributed by atoms with Crippen LogP contribution in [0.25, 0.3) is 0 Å². The molecule has 1 amide bonds. The summed E-state index contributed by atoms with van der Waals surface area (Å²) in [5.41, 5.74) is 6.22. The Balaban J connectivity index is 1.49. The van der Waals surface area contributed by atoms with Crippen LogP contribution < -0.4 is 14.9 Å². The van der Waals surface area contributed by atoms with Crippen LogP contribution in [-0.4, -0.2) is 18.7 Å². The van der Waals surface area contributed by atoms with Crippen LogP contribution in [0, 0.1) is 6.92 Å². The van der Waals surface area contributed by atoms with Crippen molar-refractivity contribution in [1.82, 2.24) is 5.43 Å². The van der Waals surface area contributed by atoms with Gasteiger partial charge in [-0.2, -0.15) is 5.10 Å². The number of rotatable bonds is 8. The van der Waals surface area contributed by atoms with Crippen molar-refractivity contribution in [3.63, 3.8) is 0 Å². The van der Waals surface area contributed by atoms with Crippen molar-refractivity contribution >= 4 is 12.1 Å². The van der Waals surface area contributed by atoms with E-state index in [4.69, 9.17) is 9.47 Å². The van der Waals surface area contributed by atoms with Gasteiger partial charge in [0.2, 0.25) is 0 Å². The molecule has 1 N–H and O–H groups in total. The largest absolute Gasteiger partial charge is 0.494 e. The second-order valence-electron chi connectivity index (χ2n) is 6.50. The zero-order valence-electron chi connectivity index (χ0n) is 16.6.